The number of benzene rings is 2. The summed E-state index contributed by atoms with van der Waals surface area (Å²) in [6.07, 6.45) is -3.16. The van der Waals surface area contributed by atoms with Crippen molar-refractivity contribution in [2.24, 2.45) is 11.6 Å². The quantitative estimate of drug-likeness (QED) is 0.00708. The summed E-state index contributed by atoms with van der Waals surface area (Å²) in [5, 5.41) is 27.6. The molecular weight excluding hydrogens is 1110 g/mol. The highest BCUT2D eigenvalue weighted by Gasteiger charge is 2.45. The molecule has 4 aromatic rings. The Morgan fingerprint density at radius 2 is 1.39 bits per heavy atom. The van der Waals surface area contributed by atoms with Gasteiger partial charge in [0.2, 0.25) is 11.0 Å². The van der Waals surface area contributed by atoms with Crippen molar-refractivity contribution in [1.82, 2.24) is 24.8 Å². The number of nitrogens with two attached hydrogens (primary N) is 2. The van der Waals surface area contributed by atoms with Gasteiger partial charge in [0.05, 0.1) is 143 Å². The van der Waals surface area contributed by atoms with Gasteiger partial charge in [0, 0.05) is 37.3 Å². The molecule has 0 radical (unpaired) electrons. The number of aliphatic hydroxyl groups excluding tert-OH is 2. The molecule has 80 heavy (non-hydrogen) atoms. The number of aryl methyl sites for hydroxylation is 1. The summed E-state index contributed by atoms with van der Waals surface area (Å²) in [5.41, 5.74) is 8.93. The first-order valence-corrected chi connectivity index (χ1v) is 27.6. The van der Waals surface area contributed by atoms with E-state index in [9.17, 15) is 32.7 Å². The van der Waals surface area contributed by atoms with Crippen LogP contribution in [-0.4, -0.2) is 214 Å². The number of aromatic nitrogens is 4. The van der Waals surface area contributed by atoms with Crippen molar-refractivity contribution in [3.63, 3.8) is 0 Å². The van der Waals surface area contributed by atoms with E-state index in [1.54, 1.807) is 6.20 Å². The normalized spacial score (nSPS) is 17.9. The number of hydrogen-bond donors (Lipinski definition) is 6. The number of carbonyl (C=O) groups excluding carboxylic acids is 1. The van der Waals surface area contributed by atoms with Gasteiger partial charge in [-0.1, -0.05) is 6.07 Å². The van der Waals surface area contributed by atoms with E-state index in [2.05, 4.69) is 19.8 Å². The largest absolute Gasteiger partial charge is 0.491 e. The molecule has 0 amide bonds. The maximum atomic E-state index is 13.6. The third-order valence-corrected chi connectivity index (χ3v) is 12.5. The summed E-state index contributed by atoms with van der Waals surface area (Å²) >= 11 is 6.36. The molecule has 8 N–H and O–H groups in total. The summed E-state index contributed by atoms with van der Waals surface area (Å²) in [6.45, 7) is 8.39. The number of anilines is 1. The van der Waals surface area contributed by atoms with Crippen LogP contribution in [0.25, 0.3) is 11.0 Å². The first-order chi connectivity index (χ1) is 38.5. The number of rotatable bonds is 39. The predicted molar refractivity (Wildman–Crippen MR) is 277 cm³/mol. The van der Waals surface area contributed by atoms with Gasteiger partial charge in [-0.05, 0) is 41.8 Å². The Bertz CT molecular complexity index is 2600. The molecule has 0 bridgehead atoms. The average Bonchev–Trinajstić information content (AvgIpc) is 3.97. The first-order valence-electron chi connectivity index (χ1n) is 25.4. The summed E-state index contributed by atoms with van der Waals surface area (Å²) in [5.74, 6) is 1.77. The van der Waals surface area contributed by atoms with Gasteiger partial charge in [-0.25, -0.2) is 23.7 Å². The van der Waals surface area contributed by atoms with Crippen molar-refractivity contribution in [2.45, 2.75) is 43.8 Å². The Morgan fingerprint density at radius 3 is 1.99 bits per heavy atom. The summed E-state index contributed by atoms with van der Waals surface area (Å²) in [6, 6.07) is 6.79. The molecule has 31 heteroatoms. The molecule has 2 aliphatic rings. The standard InChI is InChI=1S/C49H69ClF3N8O18P/c1-32-22-36(2-3-37(32)33-26-59(27-33)46-38-25-56-61(47(38)58-49(50)57-46)48-44(64)43(63)41(78-48)30-76-31-80(65,66)67)77-21-20-74-17-16-72-14-15-73-18-19-75-29-35(54)28-60(55)5-7-69-9-11-71-13-12-70-10-8-68-6-4-42(62)79-45-39(52)23-34(51)24-40(45)53/h2-3,22-25,28,33,41,43-44,48,63-64H,4-21,26-27,29-31,54-55H2,1H3,(H2,65,66,67)/b35-28-/t41-,43-,44-,48-/m1/s1. The number of halogens is 4. The minimum absolute atomic E-state index is 0.0523. The maximum absolute atomic E-state index is 13.6. The zero-order valence-corrected chi connectivity index (χ0v) is 45.6. The molecule has 0 unspecified atom stereocenters. The number of hydrogen-bond acceptors (Lipinski definition) is 23. The zero-order chi connectivity index (χ0) is 57.4. The van der Waals surface area contributed by atoms with E-state index in [0.717, 1.165) is 16.9 Å². The highest BCUT2D eigenvalue weighted by Crippen LogP contribution is 2.39. The predicted octanol–water partition coefficient (Wildman–Crippen LogP) is 2.06. The average molecular weight is 1180 g/mol. The van der Waals surface area contributed by atoms with Crippen LogP contribution in [0, 0.1) is 24.4 Å². The second-order valence-corrected chi connectivity index (χ2v) is 20.0. The molecule has 2 aliphatic heterocycles. The molecule has 2 fully saturated rings. The fourth-order valence-corrected chi connectivity index (χ4v) is 8.48. The topological polar surface area (TPSA) is 328 Å². The van der Waals surface area contributed by atoms with Gasteiger partial charge in [-0.3, -0.25) is 9.36 Å². The molecule has 4 heterocycles. The molecular formula is C49H69ClF3N8O18P. The van der Waals surface area contributed by atoms with Crippen LogP contribution in [0.2, 0.25) is 5.28 Å². The minimum Gasteiger partial charge on any atom is -0.491 e. The van der Waals surface area contributed by atoms with E-state index in [0.29, 0.717) is 135 Å². The molecule has 6 rings (SSSR count). The molecule has 0 saturated carbocycles. The molecule has 2 aromatic heterocycles. The van der Waals surface area contributed by atoms with Crippen molar-refractivity contribution in [1.29, 1.82) is 0 Å². The van der Waals surface area contributed by atoms with Crippen LogP contribution < -0.4 is 25.9 Å². The lowest BCUT2D eigenvalue weighted by molar-refractivity contribution is -0.136. The van der Waals surface area contributed by atoms with Gasteiger partial charge in [-0.15, -0.1) is 0 Å². The van der Waals surface area contributed by atoms with Gasteiger partial charge < -0.3 is 92.5 Å². The lowest BCUT2D eigenvalue weighted by atomic mass is 9.88. The van der Waals surface area contributed by atoms with E-state index in [1.165, 1.54) is 15.9 Å². The van der Waals surface area contributed by atoms with Crippen molar-refractivity contribution >= 4 is 42.0 Å². The lowest BCUT2D eigenvalue weighted by Gasteiger charge is -2.41. The van der Waals surface area contributed by atoms with Crippen LogP contribution in [0.15, 0.2) is 48.4 Å². The number of esters is 1. The van der Waals surface area contributed by atoms with Crippen LogP contribution in [0.4, 0.5) is 19.0 Å². The zero-order valence-electron chi connectivity index (χ0n) is 44.0. The molecule has 0 aliphatic carbocycles. The smallest absolute Gasteiger partial charge is 0.350 e. The summed E-state index contributed by atoms with van der Waals surface area (Å²) < 4.78 is 118. The molecule has 446 valence electrons. The Balaban J connectivity index is 0.706. The third kappa shape index (κ3) is 21.1. The first kappa shape index (κ1) is 64.3. The fourth-order valence-electron chi connectivity index (χ4n) is 7.97. The third-order valence-electron chi connectivity index (χ3n) is 11.8. The number of fused-ring (bicyclic) bond motifs is 1. The Hall–Kier alpha value is -4.89. The fraction of sp³-hybridized carbons (Fsp3) is 0.592. The Labute approximate surface area is 463 Å². The summed E-state index contributed by atoms with van der Waals surface area (Å²) in [4.78, 5) is 40.7. The van der Waals surface area contributed by atoms with Crippen molar-refractivity contribution in [3.8, 4) is 11.5 Å². The number of hydrazine groups is 1. The highest BCUT2D eigenvalue weighted by molar-refractivity contribution is 7.51. The van der Waals surface area contributed by atoms with Gasteiger partial charge in [0.1, 0.15) is 48.7 Å². The Kier molecular flexibility index (Phi) is 26.7. The van der Waals surface area contributed by atoms with Crippen LogP contribution in [0.3, 0.4) is 0 Å². The molecule has 2 aromatic carbocycles. The van der Waals surface area contributed by atoms with Crippen LogP contribution in [0.5, 0.6) is 11.5 Å². The Morgan fingerprint density at radius 1 is 0.812 bits per heavy atom. The molecule has 2 saturated heterocycles. The number of ether oxygens (including phenoxy) is 12. The van der Waals surface area contributed by atoms with Gasteiger partial charge in [-0.2, -0.15) is 15.1 Å². The van der Waals surface area contributed by atoms with Gasteiger partial charge in [0.15, 0.2) is 23.5 Å². The van der Waals surface area contributed by atoms with Gasteiger partial charge >= 0.3 is 13.6 Å². The number of nitrogens with zero attached hydrogens (tertiary/aromatic N) is 6. The van der Waals surface area contributed by atoms with Crippen LogP contribution in [0.1, 0.15) is 29.7 Å². The molecule has 26 nitrogen and oxygen atoms in total. The maximum Gasteiger partial charge on any atom is 0.350 e. The summed E-state index contributed by atoms with van der Waals surface area (Å²) in [7, 11) is -4.44. The van der Waals surface area contributed by atoms with Crippen LogP contribution >= 0.6 is 19.2 Å². The minimum atomic E-state index is -4.44. The van der Waals surface area contributed by atoms with E-state index >= 15 is 0 Å². The van der Waals surface area contributed by atoms with E-state index in [1.807, 2.05) is 30.0 Å². The second kappa shape index (κ2) is 33.3. The van der Waals surface area contributed by atoms with Gasteiger partial charge in [0.25, 0.3) is 0 Å². The van der Waals surface area contributed by atoms with Crippen molar-refractivity contribution < 1.29 is 99.4 Å². The number of aliphatic hydroxyl groups is 2. The second-order valence-electron chi connectivity index (χ2n) is 18.0. The lowest BCUT2D eigenvalue weighted by Crippen LogP contribution is -2.45. The number of carbonyl (C=O) groups is 1. The monoisotopic (exact) mass is 1180 g/mol. The molecule has 0 spiro atoms. The van der Waals surface area contributed by atoms with E-state index in [4.69, 9.17) is 85.1 Å². The van der Waals surface area contributed by atoms with Crippen LogP contribution in [-0.2, 0) is 56.7 Å². The molecule has 4 atom stereocenters. The highest BCUT2D eigenvalue weighted by atomic mass is 35.5. The van der Waals surface area contributed by atoms with E-state index < -0.39 is 67.7 Å². The van der Waals surface area contributed by atoms with Crippen molar-refractivity contribution in [3.05, 3.63) is 82.3 Å². The SMILES string of the molecule is Cc1cc(OCCOCCOCCOCCOC/C(N)=C/N(N)CCOCCOCCOCCOCCC(=O)Oc2c(F)cc(F)cc2F)ccc1C1CN(c2nc(Cl)nc3c2cnn3[C@@H]2O[C@H](COCP(=O)(O)O)[C@@H](O)[C@H]2O)C1. The van der Waals surface area contributed by atoms with Crippen molar-refractivity contribution in [2.75, 3.05) is 150 Å². The van der Waals surface area contributed by atoms with E-state index in [-0.39, 0.29) is 56.3 Å².